The average molecular weight is 227 g/mol. The molecule has 0 bridgehead atoms. The topological polar surface area (TPSA) is 47.6 Å². The molecule has 92 valence electrons. The molecular formula is C12H21NO3. The second kappa shape index (κ2) is 6.66. The fourth-order valence-electron chi connectivity index (χ4n) is 2.05. The summed E-state index contributed by atoms with van der Waals surface area (Å²) in [6.45, 7) is 2.45. The molecule has 0 spiro atoms. The molecule has 1 fully saturated rings. The zero-order valence-electron chi connectivity index (χ0n) is 10.3. The summed E-state index contributed by atoms with van der Waals surface area (Å²) in [6.07, 6.45) is 5.64. The Kier molecular flexibility index (Phi) is 5.49. The molecule has 4 nitrogen and oxygen atoms in total. The maximum Gasteiger partial charge on any atom is 0.333 e. The van der Waals surface area contributed by atoms with Gasteiger partial charge in [0.15, 0.2) is 0 Å². The molecule has 0 aliphatic heterocycles. The average Bonchev–Trinajstić information content (AvgIpc) is 2.75. The van der Waals surface area contributed by atoms with E-state index >= 15 is 0 Å². The first-order valence-corrected chi connectivity index (χ1v) is 5.70. The molecule has 0 aromatic rings. The van der Waals surface area contributed by atoms with Crippen LogP contribution in [0.5, 0.6) is 0 Å². The Balaban J connectivity index is 2.32. The minimum atomic E-state index is -0.267. The summed E-state index contributed by atoms with van der Waals surface area (Å²) in [5.41, 5.74) is 0.641. The molecule has 0 aromatic heterocycles. The van der Waals surface area contributed by atoms with Gasteiger partial charge in [-0.25, -0.2) is 4.79 Å². The largest absolute Gasteiger partial charge is 0.466 e. The highest BCUT2D eigenvalue weighted by atomic mass is 16.5. The fourth-order valence-corrected chi connectivity index (χ4v) is 2.05. The third-order valence-electron chi connectivity index (χ3n) is 3.05. The number of rotatable bonds is 5. The standard InChI is InChI=1S/C12H21NO3/c1-9(12(14)16-3)7-8-13-10-5-4-6-11(10)15-2/h7,10-11,13H,4-6,8H2,1-3H3/b9-7-. The maximum absolute atomic E-state index is 11.1. The predicted octanol–water partition coefficient (Wildman–Crippen LogP) is 1.26. The van der Waals surface area contributed by atoms with Gasteiger partial charge in [-0.15, -0.1) is 0 Å². The van der Waals surface area contributed by atoms with Crippen LogP contribution in [0, 0.1) is 0 Å². The quantitative estimate of drug-likeness (QED) is 0.567. The Labute approximate surface area is 97.0 Å². The van der Waals surface area contributed by atoms with Crippen LogP contribution in [-0.4, -0.2) is 38.9 Å². The Morgan fingerprint density at radius 1 is 1.44 bits per heavy atom. The van der Waals surface area contributed by atoms with E-state index in [1.807, 2.05) is 6.08 Å². The van der Waals surface area contributed by atoms with E-state index in [0.29, 0.717) is 24.3 Å². The maximum atomic E-state index is 11.1. The summed E-state index contributed by atoms with van der Waals surface area (Å²) in [5, 5.41) is 3.38. The van der Waals surface area contributed by atoms with E-state index in [2.05, 4.69) is 10.1 Å². The Morgan fingerprint density at radius 2 is 2.19 bits per heavy atom. The van der Waals surface area contributed by atoms with Gasteiger partial charge in [0, 0.05) is 25.3 Å². The zero-order valence-corrected chi connectivity index (χ0v) is 10.3. The van der Waals surface area contributed by atoms with Gasteiger partial charge in [-0.3, -0.25) is 0 Å². The number of hydrogen-bond acceptors (Lipinski definition) is 4. The summed E-state index contributed by atoms with van der Waals surface area (Å²) in [5.74, 6) is -0.267. The number of carbonyl (C=O) groups excluding carboxylic acids is 1. The van der Waals surface area contributed by atoms with Crippen LogP contribution in [0.3, 0.4) is 0 Å². The minimum Gasteiger partial charge on any atom is -0.466 e. The summed E-state index contributed by atoms with van der Waals surface area (Å²) in [4.78, 5) is 11.1. The van der Waals surface area contributed by atoms with Gasteiger partial charge in [-0.2, -0.15) is 0 Å². The first kappa shape index (κ1) is 13.2. The van der Waals surface area contributed by atoms with Crippen molar-refractivity contribution in [2.24, 2.45) is 0 Å². The van der Waals surface area contributed by atoms with E-state index in [0.717, 1.165) is 12.8 Å². The lowest BCUT2D eigenvalue weighted by Gasteiger charge is -2.18. The van der Waals surface area contributed by atoms with Gasteiger partial charge in [0.05, 0.1) is 13.2 Å². The molecule has 1 aliphatic carbocycles. The SMILES string of the molecule is COC(=O)/C(C)=C\CNC1CCCC1OC. The summed E-state index contributed by atoms with van der Waals surface area (Å²) in [6, 6.07) is 0.409. The van der Waals surface area contributed by atoms with Crippen LogP contribution in [0.1, 0.15) is 26.2 Å². The van der Waals surface area contributed by atoms with E-state index in [-0.39, 0.29) is 5.97 Å². The lowest BCUT2D eigenvalue weighted by Crippen LogP contribution is -2.36. The molecule has 0 aromatic carbocycles. The van der Waals surface area contributed by atoms with Crippen molar-refractivity contribution < 1.29 is 14.3 Å². The van der Waals surface area contributed by atoms with Crippen molar-refractivity contribution in [3.63, 3.8) is 0 Å². The molecule has 0 saturated heterocycles. The Bertz CT molecular complexity index is 263. The van der Waals surface area contributed by atoms with Crippen LogP contribution >= 0.6 is 0 Å². The zero-order chi connectivity index (χ0) is 12.0. The highest BCUT2D eigenvalue weighted by Crippen LogP contribution is 2.21. The molecule has 16 heavy (non-hydrogen) atoms. The predicted molar refractivity (Wildman–Crippen MR) is 62.2 cm³/mol. The molecule has 1 saturated carbocycles. The van der Waals surface area contributed by atoms with Crippen molar-refractivity contribution in [3.8, 4) is 0 Å². The van der Waals surface area contributed by atoms with Crippen molar-refractivity contribution in [1.29, 1.82) is 0 Å². The molecule has 2 unspecified atom stereocenters. The molecule has 1 N–H and O–H groups in total. The summed E-state index contributed by atoms with van der Waals surface area (Å²) >= 11 is 0. The molecule has 1 rings (SSSR count). The smallest absolute Gasteiger partial charge is 0.333 e. The van der Waals surface area contributed by atoms with Gasteiger partial charge < -0.3 is 14.8 Å². The normalized spacial score (nSPS) is 25.8. The summed E-state index contributed by atoms with van der Waals surface area (Å²) in [7, 11) is 3.14. The first-order valence-electron chi connectivity index (χ1n) is 5.70. The van der Waals surface area contributed by atoms with Crippen LogP contribution < -0.4 is 5.32 Å². The monoisotopic (exact) mass is 227 g/mol. The van der Waals surface area contributed by atoms with Crippen molar-refractivity contribution in [2.45, 2.75) is 38.3 Å². The van der Waals surface area contributed by atoms with E-state index < -0.39 is 0 Å². The first-order chi connectivity index (χ1) is 7.69. The highest BCUT2D eigenvalue weighted by Gasteiger charge is 2.25. The van der Waals surface area contributed by atoms with Gasteiger partial charge in [0.1, 0.15) is 0 Å². The molecular weight excluding hydrogens is 206 g/mol. The van der Waals surface area contributed by atoms with Crippen molar-refractivity contribution in [2.75, 3.05) is 20.8 Å². The number of hydrogen-bond donors (Lipinski definition) is 1. The van der Waals surface area contributed by atoms with Crippen molar-refractivity contribution in [1.82, 2.24) is 5.32 Å². The van der Waals surface area contributed by atoms with Crippen LogP contribution in [0.2, 0.25) is 0 Å². The van der Waals surface area contributed by atoms with Crippen molar-refractivity contribution in [3.05, 3.63) is 11.6 Å². The van der Waals surface area contributed by atoms with E-state index in [9.17, 15) is 4.79 Å². The lowest BCUT2D eigenvalue weighted by molar-refractivity contribution is -0.136. The second-order valence-corrected chi connectivity index (χ2v) is 4.10. The number of carbonyl (C=O) groups is 1. The van der Waals surface area contributed by atoms with Crippen LogP contribution in [-0.2, 0) is 14.3 Å². The van der Waals surface area contributed by atoms with E-state index in [1.165, 1.54) is 13.5 Å². The third kappa shape index (κ3) is 3.61. The van der Waals surface area contributed by atoms with Gasteiger partial charge in [0.25, 0.3) is 0 Å². The number of esters is 1. The van der Waals surface area contributed by atoms with Crippen LogP contribution in [0.4, 0.5) is 0 Å². The lowest BCUT2D eigenvalue weighted by atomic mass is 10.2. The van der Waals surface area contributed by atoms with E-state index in [4.69, 9.17) is 4.74 Å². The highest BCUT2D eigenvalue weighted by molar-refractivity contribution is 5.87. The molecule has 0 amide bonds. The Hall–Kier alpha value is -0.870. The number of ether oxygens (including phenoxy) is 2. The molecule has 2 atom stereocenters. The fraction of sp³-hybridized carbons (Fsp3) is 0.750. The second-order valence-electron chi connectivity index (χ2n) is 4.10. The molecule has 1 aliphatic rings. The number of methoxy groups -OCH3 is 2. The third-order valence-corrected chi connectivity index (χ3v) is 3.05. The number of nitrogens with one attached hydrogen (secondary N) is 1. The summed E-state index contributed by atoms with van der Waals surface area (Å²) < 4.78 is 9.99. The molecule has 4 heteroatoms. The van der Waals surface area contributed by atoms with Crippen LogP contribution in [0.15, 0.2) is 11.6 Å². The van der Waals surface area contributed by atoms with Gasteiger partial charge in [0.2, 0.25) is 0 Å². The van der Waals surface area contributed by atoms with Crippen molar-refractivity contribution >= 4 is 5.97 Å². The molecule has 0 radical (unpaired) electrons. The van der Waals surface area contributed by atoms with Gasteiger partial charge in [-0.1, -0.05) is 6.08 Å². The van der Waals surface area contributed by atoms with E-state index in [1.54, 1.807) is 14.0 Å². The Morgan fingerprint density at radius 3 is 2.81 bits per heavy atom. The van der Waals surface area contributed by atoms with Crippen LogP contribution in [0.25, 0.3) is 0 Å². The van der Waals surface area contributed by atoms with Gasteiger partial charge >= 0.3 is 5.97 Å². The molecule has 0 heterocycles. The van der Waals surface area contributed by atoms with Gasteiger partial charge in [-0.05, 0) is 26.2 Å². The minimum absolute atomic E-state index is 0.267.